The van der Waals surface area contributed by atoms with Gasteiger partial charge in [0.15, 0.2) is 0 Å². The Hall–Kier alpha value is -2.51. The molecule has 0 N–H and O–H groups in total. The summed E-state index contributed by atoms with van der Waals surface area (Å²) in [5, 5.41) is 1.95. The molecule has 5 rings (SSSR count). The first-order chi connectivity index (χ1) is 14.0. The van der Waals surface area contributed by atoms with Gasteiger partial charge in [-0.25, -0.2) is 8.42 Å². The third-order valence-corrected chi connectivity index (χ3v) is 8.54. The van der Waals surface area contributed by atoms with E-state index in [0.29, 0.717) is 22.9 Å². The average Bonchev–Trinajstić information content (AvgIpc) is 2.83. The Morgan fingerprint density at radius 1 is 1.03 bits per heavy atom. The third kappa shape index (κ3) is 2.91. The molecule has 2 aliphatic heterocycles. The number of sulfonamides is 1. The molecule has 148 valence electrons. The van der Waals surface area contributed by atoms with Gasteiger partial charge < -0.3 is 4.90 Å². The summed E-state index contributed by atoms with van der Waals surface area (Å²) in [5.41, 5.74) is 1.44. The van der Waals surface area contributed by atoms with Gasteiger partial charge >= 0.3 is 0 Å². The average molecular weight is 425 g/mol. The molecular weight excluding hydrogens is 404 g/mol. The Morgan fingerprint density at radius 3 is 2.59 bits per heavy atom. The van der Waals surface area contributed by atoms with Gasteiger partial charge in [0.05, 0.1) is 16.3 Å². The molecule has 1 amide bonds. The normalized spacial score (nSPS) is 19.8. The summed E-state index contributed by atoms with van der Waals surface area (Å²) in [6.45, 7) is 2.52. The number of hydrogen-bond donors (Lipinski definition) is 0. The molecule has 0 spiro atoms. The summed E-state index contributed by atoms with van der Waals surface area (Å²) < 4.78 is 27.7. The molecule has 7 heteroatoms. The van der Waals surface area contributed by atoms with Gasteiger partial charge in [-0.3, -0.25) is 9.10 Å². The van der Waals surface area contributed by atoms with Crippen molar-refractivity contribution in [2.75, 3.05) is 22.3 Å². The van der Waals surface area contributed by atoms with E-state index in [1.165, 1.54) is 4.31 Å². The topological polar surface area (TPSA) is 57.7 Å². The van der Waals surface area contributed by atoms with Crippen molar-refractivity contribution >= 4 is 49.8 Å². The molecule has 0 radical (unpaired) electrons. The maximum absolute atomic E-state index is 13.3. The van der Waals surface area contributed by atoms with E-state index in [0.717, 1.165) is 22.4 Å². The summed E-state index contributed by atoms with van der Waals surface area (Å²) in [5.74, 6) is -0.208. The van der Waals surface area contributed by atoms with Crippen molar-refractivity contribution in [2.45, 2.75) is 28.4 Å². The molecule has 0 aromatic heterocycles. The lowest BCUT2D eigenvalue weighted by Gasteiger charge is -2.26. The third-order valence-electron chi connectivity index (χ3n) is 5.50. The van der Waals surface area contributed by atoms with Crippen LogP contribution in [0.1, 0.15) is 13.3 Å². The molecule has 5 nitrogen and oxygen atoms in total. The molecular formula is C22H20N2O3S2. The smallest absolute Gasteiger partial charge is 0.265 e. The zero-order chi connectivity index (χ0) is 20.2. The van der Waals surface area contributed by atoms with Crippen LogP contribution in [-0.4, -0.2) is 32.7 Å². The minimum absolute atomic E-state index is 0.205. The van der Waals surface area contributed by atoms with Gasteiger partial charge in [-0.15, -0.1) is 11.8 Å². The first kappa shape index (κ1) is 18.5. The summed E-state index contributed by atoms with van der Waals surface area (Å²) in [7, 11) is -3.75. The predicted octanol–water partition coefficient (Wildman–Crippen LogP) is 4.27. The van der Waals surface area contributed by atoms with Crippen LogP contribution in [0.2, 0.25) is 0 Å². The Balaban J connectivity index is 1.53. The van der Waals surface area contributed by atoms with Crippen LogP contribution in [0.15, 0.2) is 70.5 Å². The lowest BCUT2D eigenvalue weighted by atomic mass is 10.1. The highest BCUT2D eigenvalue weighted by Crippen LogP contribution is 2.42. The summed E-state index contributed by atoms with van der Waals surface area (Å²) in [6, 6.07) is 18.6. The summed E-state index contributed by atoms with van der Waals surface area (Å²) in [4.78, 5) is 16.4. The van der Waals surface area contributed by atoms with E-state index in [2.05, 4.69) is 6.92 Å². The number of amides is 1. The molecule has 3 aromatic carbocycles. The number of rotatable bonds is 2. The quantitative estimate of drug-likeness (QED) is 0.617. The fourth-order valence-electron chi connectivity index (χ4n) is 4.08. The van der Waals surface area contributed by atoms with Crippen LogP contribution >= 0.6 is 11.8 Å². The number of fused-ring (bicyclic) bond motifs is 1. The van der Waals surface area contributed by atoms with Crippen LogP contribution in [0.25, 0.3) is 10.8 Å². The van der Waals surface area contributed by atoms with E-state index >= 15 is 0 Å². The molecule has 3 aromatic rings. The predicted molar refractivity (Wildman–Crippen MR) is 117 cm³/mol. The van der Waals surface area contributed by atoms with Crippen molar-refractivity contribution in [3.05, 3.63) is 60.7 Å². The molecule has 0 bridgehead atoms. The SMILES string of the molecule is C[C@@H]1CCN(C(=O)CN2c3cccc4cccc(c34)S2(=O)=O)c2ccccc2S1. The second-order valence-corrected chi connectivity index (χ2v) is 10.7. The van der Waals surface area contributed by atoms with Gasteiger partial charge in [-0.05, 0) is 36.1 Å². The van der Waals surface area contributed by atoms with Crippen molar-refractivity contribution in [1.29, 1.82) is 0 Å². The van der Waals surface area contributed by atoms with Crippen molar-refractivity contribution in [3.8, 4) is 0 Å². The molecule has 0 aliphatic carbocycles. The van der Waals surface area contributed by atoms with Gasteiger partial charge in [0.1, 0.15) is 6.54 Å². The highest BCUT2D eigenvalue weighted by atomic mass is 32.2. The fourth-order valence-corrected chi connectivity index (χ4v) is 6.86. The van der Waals surface area contributed by atoms with E-state index in [4.69, 9.17) is 0 Å². The maximum atomic E-state index is 13.3. The van der Waals surface area contributed by atoms with E-state index < -0.39 is 10.0 Å². The van der Waals surface area contributed by atoms with Crippen molar-refractivity contribution in [1.82, 2.24) is 0 Å². The number of hydrogen-bond acceptors (Lipinski definition) is 4. The first-order valence-electron chi connectivity index (χ1n) is 9.57. The summed E-state index contributed by atoms with van der Waals surface area (Å²) in [6.07, 6.45) is 0.855. The molecule has 1 atom stereocenters. The lowest BCUT2D eigenvalue weighted by molar-refractivity contribution is -0.117. The zero-order valence-electron chi connectivity index (χ0n) is 15.9. The molecule has 0 saturated heterocycles. The second kappa shape index (κ2) is 6.78. The van der Waals surface area contributed by atoms with Crippen LogP contribution in [0.4, 0.5) is 11.4 Å². The molecule has 29 heavy (non-hydrogen) atoms. The minimum Gasteiger partial charge on any atom is -0.310 e. The Labute approximate surface area is 174 Å². The van der Waals surface area contributed by atoms with Crippen LogP contribution in [0.3, 0.4) is 0 Å². The Kier molecular flexibility index (Phi) is 4.33. The van der Waals surface area contributed by atoms with Crippen LogP contribution in [0, 0.1) is 0 Å². The zero-order valence-corrected chi connectivity index (χ0v) is 17.5. The highest BCUT2D eigenvalue weighted by molar-refractivity contribution is 8.00. The van der Waals surface area contributed by atoms with E-state index in [9.17, 15) is 13.2 Å². The Bertz CT molecular complexity index is 1230. The van der Waals surface area contributed by atoms with Crippen molar-refractivity contribution in [3.63, 3.8) is 0 Å². The summed E-state index contributed by atoms with van der Waals surface area (Å²) >= 11 is 1.76. The highest BCUT2D eigenvalue weighted by Gasteiger charge is 2.38. The molecule has 0 fully saturated rings. The van der Waals surface area contributed by atoms with Gasteiger partial charge in [-0.2, -0.15) is 0 Å². The van der Waals surface area contributed by atoms with E-state index in [1.54, 1.807) is 34.9 Å². The van der Waals surface area contributed by atoms with Crippen molar-refractivity contribution < 1.29 is 13.2 Å². The number of nitrogens with zero attached hydrogens (tertiary/aromatic N) is 2. The van der Waals surface area contributed by atoms with E-state index in [-0.39, 0.29) is 17.3 Å². The largest absolute Gasteiger partial charge is 0.310 e. The maximum Gasteiger partial charge on any atom is 0.265 e. The number of anilines is 2. The van der Waals surface area contributed by atoms with Crippen LogP contribution < -0.4 is 9.21 Å². The lowest BCUT2D eigenvalue weighted by Crippen LogP contribution is -2.42. The van der Waals surface area contributed by atoms with Gasteiger partial charge in [0.25, 0.3) is 10.0 Å². The molecule has 2 heterocycles. The minimum atomic E-state index is -3.75. The van der Waals surface area contributed by atoms with Gasteiger partial charge in [0, 0.05) is 22.1 Å². The number of carbonyl (C=O) groups excluding carboxylic acids is 1. The standard InChI is InChI=1S/C22H20N2O3S2/c1-15-12-13-23(17-8-2-3-10-19(17)28-15)21(25)14-24-18-9-4-6-16-7-5-11-20(22(16)18)29(24,26)27/h2-11,15H,12-14H2,1H3/t15-/m1/s1. The van der Waals surface area contributed by atoms with Crippen LogP contribution in [0.5, 0.6) is 0 Å². The van der Waals surface area contributed by atoms with Gasteiger partial charge in [-0.1, -0.05) is 43.3 Å². The first-order valence-corrected chi connectivity index (χ1v) is 11.9. The van der Waals surface area contributed by atoms with Crippen LogP contribution in [-0.2, 0) is 14.8 Å². The number of benzene rings is 3. The number of para-hydroxylation sites is 1. The monoisotopic (exact) mass is 424 g/mol. The second-order valence-electron chi connectivity index (χ2n) is 7.37. The molecule has 0 unspecified atom stereocenters. The Morgan fingerprint density at radius 2 is 1.76 bits per heavy atom. The van der Waals surface area contributed by atoms with Gasteiger partial charge in [0.2, 0.25) is 5.91 Å². The molecule has 2 aliphatic rings. The van der Waals surface area contributed by atoms with E-state index in [1.807, 2.05) is 42.5 Å². The molecule has 0 saturated carbocycles. The van der Waals surface area contributed by atoms with Crippen molar-refractivity contribution in [2.24, 2.45) is 0 Å². The number of carbonyl (C=O) groups is 1. The fraction of sp³-hybridized carbons (Fsp3) is 0.227. The number of thioether (sulfide) groups is 1.